The number of aliphatic hydroxyl groups is 1. The van der Waals surface area contributed by atoms with Gasteiger partial charge in [-0.05, 0) is 37.6 Å². The molecule has 6 heteroatoms. The van der Waals surface area contributed by atoms with Gasteiger partial charge in [0.25, 0.3) is 5.91 Å². The second-order valence-corrected chi connectivity index (χ2v) is 5.35. The van der Waals surface area contributed by atoms with Crippen molar-refractivity contribution in [1.82, 2.24) is 10.3 Å². The number of rotatable bonds is 6. The molecule has 0 saturated carbocycles. The summed E-state index contributed by atoms with van der Waals surface area (Å²) in [6.07, 6.45) is 1.49. The quantitative estimate of drug-likeness (QED) is 0.858. The molecular formula is C17H19FN2O3. The zero-order valence-electron chi connectivity index (χ0n) is 13.0. The number of carbonyl (C=O) groups excluding carboxylic acids is 1. The second kappa shape index (κ2) is 7.69. The van der Waals surface area contributed by atoms with Gasteiger partial charge in [-0.25, -0.2) is 4.39 Å². The Labute approximate surface area is 134 Å². The number of hydrogen-bond donors (Lipinski definition) is 2. The predicted molar refractivity (Wildman–Crippen MR) is 83.7 cm³/mol. The number of nitrogens with one attached hydrogen (secondary N) is 1. The summed E-state index contributed by atoms with van der Waals surface area (Å²) in [6, 6.07) is 8.08. The maximum Gasteiger partial charge on any atom is 0.253 e. The smallest absolute Gasteiger partial charge is 0.253 e. The van der Waals surface area contributed by atoms with Crippen molar-refractivity contribution in [2.75, 3.05) is 6.54 Å². The average Bonchev–Trinajstić information content (AvgIpc) is 2.52. The van der Waals surface area contributed by atoms with Crippen molar-refractivity contribution in [2.45, 2.75) is 26.1 Å². The van der Waals surface area contributed by atoms with Gasteiger partial charge in [0.15, 0.2) is 0 Å². The number of pyridine rings is 1. The molecule has 0 saturated heterocycles. The maximum atomic E-state index is 13.0. The Hall–Kier alpha value is -2.47. The minimum absolute atomic E-state index is 0.0136. The van der Waals surface area contributed by atoms with E-state index < -0.39 is 17.8 Å². The second-order valence-electron chi connectivity index (χ2n) is 5.35. The fourth-order valence-corrected chi connectivity index (χ4v) is 1.99. The Balaban J connectivity index is 1.91. The number of amides is 1. The van der Waals surface area contributed by atoms with E-state index in [-0.39, 0.29) is 18.2 Å². The molecule has 5 nitrogen and oxygen atoms in total. The molecule has 1 atom stereocenters. The Morgan fingerprint density at radius 3 is 2.61 bits per heavy atom. The van der Waals surface area contributed by atoms with Gasteiger partial charge >= 0.3 is 0 Å². The van der Waals surface area contributed by atoms with E-state index in [0.29, 0.717) is 11.3 Å². The van der Waals surface area contributed by atoms with Gasteiger partial charge in [-0.3, -0.25) is 9.78 Å². The number of hydrogen-bond acceptors (Lipinski definition) is 4. The highest BCUT2D eigenvalue weighted by atomic mass is 19.1. The minimum atomic E-state index is -0.867. The van der Waals surface area contributed by atoms with Gasteiger partial charge in [0.1, 0.15) is 11.6 Å². The number of carbonyl (C=O) groups is 1. The highest BCUT2D eigenvalue weighted by molar-refractivity contribution is 5.93. The van der Waals surface area contributed by atoms with Crippen molar-refractivity contribution < 1.29 is 19.0 Å². The summed E-state index contributed by atoms with van der Waals surface area (Å²) >= 11 is 0. The standard InChI is InChI=1S/C17H19FN2O3/c1-11(2)23-15-5-3-12(4-6-15)16(21)10-20-17(22)13-7-14(18)9-19-8-13/h3-9,11,16,21H,10H2,1-2H3,(H,20,22). The van der Waals surface area contributed by atoms with Crippen LogP contribution in [0.3, 0.4) is 0 Å². The van der Waals surface area contributed by atoms with E-state index in [1.807, 2.05) is 13.8 Å². The number of halogens is 1. The third kappa shape index (κ3) is 5.03. The molecule has 1 heterocycles. The van der Waals surface area contributed by atoms with Gasteiger partial charge in [0.2, 0.25) is 0 Å². The predicted octanol–water partition coefficient (Wildman–Crippen LogP) is 2.47. The molecule has 2 N–H and O–H groups in total. The van der Waals surface area contributed by atoms with Gasteiger partial charge in [-0.15, -0.1) is 0 Å². The average molecular weight is 318 g/mol. The molecule has 0 spiro atoms. The third-order valence-corrected chi connectivity index (χ3v) is 3.06. The molecule has 2 rings (SSSR count). The molecule has 0 bridgehead atoms. The lowest BCUT2D eigenvalue weighted by atomic mass is 10.1. The van der Waals surface area contributed by atoms with E-state index in [4.69, 9.17) is 4.74 Å². The van der Waals surface area contributed by atoms with E-state index in [0.717, 1.165) is 12.3 Å². The topological polar surface area (TPSA) is 71.5 Å². The van der Waals surface area contributed by atoms with Crippen LogP contribution in [0, 0.1) is 5.82 Å². The van der Waals surface area contributed by atoms with Crippen LogP contribution in [-0.2, 0) is 0 Å². The van der Waals surface area contributed by atoms with Crippen molar-refractivity contribution in [3.63, 3.8) is 0 Å². The Kier molecular flexibility index (Phi) is 5.65. The first-order chi connectivity index (χ1) is 11.0. The maximum absolute atomic E-state index is 13.0. The fraction of sp³-hybridized carbons (Fsp3) is 0.294. The number of ether oxygens (including phenoxy) is 1. The van der Waals surface area contributed by atoms with Crippen LogP contribution in [0.4, 0.5) is 4.39 Å². The summed E-state index contributed by atoms with van der Waals surface area (Å²) in [4.78, 5) is 15.5. The minimum Gasteiger partial charge on any atom is -0.491 e. The highest BCUT2D eigenvalue weighted by Crippen LogP contribution is 2.18. The van der Waals surface area contributed by atoms with Gasteiger partial charge in [-0.2, -0.15) is 0 Å². The lowest BCUT2D eigenvalue weighted by Gasteiger charge is -2.14. The largest absolute Gasteiger partial charge is 0.491 e. The monoisotopic (exact) mass is 318 g/mol. The Bertz CT molecular complexity index is 659. The van der Waals surface area contributed by atoms with Crippen molar-refractivity contribution in [1.29, 1.82) is 0 Å². The van der Waals surface area contributed by atoms with E-state index >= 15 is 0 Å². The summed E-state index contributed by atoms with van der Waals surface area (Å²) in [7, 11) is 0. The molecule has 0 aliphatic rings. The number of aliphatic hydroxyl groups excluding tert-OH is 1. The molecular weight excluding hydrogens is 299 g/mol. The molecule has 0 radical (unpaired) electrons. The van der Waals surface area contributed by atoms with E-state index in [1.54, 1.807) is 24.3 Å². The van der Waals surface area contributed by atoms with Crippen LogP contribution >= 0.6 is 0 Å². The van der Waals surface area contributed by atoms with Crippen LogP contribution in [0.15, 0.2) is 42.7 Å². The number of aromatic nitrogens is 1. The van der Waals surface area contributed by atoms with Crippen LogP contribution in [-0.4, -0.2) is 28.6 Å². The van der Waals surface area contributed by atoms with Gasteiger partial charge < -0.3 is 15.2 Å². The lowest BCUT2D eigenvalue weighted by molar-refractivity contribution is 0.0915. The first-order valence-electron chi connectivity index (χ1n) is 7.29. The van der Waals surface area contributed by atoms with Crippen LogP contribution in [0.1, 0.15) is 35.9 Å². The van der Waals surface area contributed by atoms with E-state index in [1.165, 1.54) is 6.20 Å². The molecule has 23 heavy (non-hydrogen) atoms. The van der Waals surface area contributed by atoms with Crippen molar-refractivity contribution in [3.8, 4) is 5.75 Å². The van der Waals surface area contributed by atoms with Gasteiger partial charge in [0, 0.05) is 12.7 Å². The molecule has 122 valence electrons. The summed E-state index contributed by atoms with van der Waals surface area (Å²) in [5.41, 5.74) is 0.761. The zero-order valence-corrected chi connectivity index (χ0v) is 13.0. The number of benzene rings is 1. The molecule has 0 aliphatic heterocycles. The zero-order chi connectivity index (χ0) is 16.8. The first-order valence-corrected chi connectivity index (χ1v) is 7.29. The van der Waals surface area contributed by atoms with Crippen LogP contribution in [0.5, 0.6) is 5.75 Å². The van der Waals surface area contributed by atoms with E-state index in [9.17, 15) is 14.3 Å². The lowest BCUT2D eigenvalue weighted by Crippen LogP contribution is -2.28. The third-order valence-electron chi connectivity index (χ3n) is 3.06. The van der Waals surface area contributed by atoms with Crippen LogP contribution < -0.4 is 10.1 Å². The highest BCUT2D eigenvalue weighted by Gasteiger charge is 2.12. The summed E-state index contributed by atoms with van der Waals surface area (Å²) < 4.78 is 18.5. The normalized spacial score (nSPS) is 12.0. The fourth-order valence-electron chi connectivity index (χ4n) is 1.99. The Morgan fingerprint density at radius 2 is 2.00 bits per heavy atom. The molecule has 2 aromatic rings. The molecule has 1 unspecified atom stereocenters. The Morgan fingerprint density at radius 1 is 1.30 bits per heavy atom. The van der Waals surface area contributed by atoms with Crippen molar-refractivity contribution in [3.05, 3.63) is 59.7 Å². The van der Waals surface area contributed by atoms with Gasteiger partial charge in [0.05, 0.1) is 24.0 Å². The van der Waals surface area contributed by atoms with Crippen molar-refractivity contribution >= 4 is 5.91 Å². The van der Waals surface area contributed by atoms with E-state index in [2.05, 4.69) is 10.3 Å². The van der Waals surface area contributed by atoms with Crippen LogP contribution in [0.25, 0.3) is 0 Å². The molecule has 1 aromatic heterocycles. The SMILES string of the molecule is CC(C)Oc1ccc(C(O)CNC(=O)c2cncc(F)c2)cc1. The summed E-state index contributed by atoms with van der Waals surface area (Å²) in [5, 5.41) is 12.6. The van der Waals surface area contributed by atoms with Gasteiger partial charge in [-0.1, -0.05) is 12.1 Å². The summed E-state index contributed by atoms with van der Waals surface area (Å²) in [5.74, 6) is -0.361. The molecule has 0 fully saturated rings. The molecule has 1 aromatic carbocycles. The molecule has 0 aliphatic carbocycles. The summed E-state index contributed by atoms with van der Waals surface area (Å²) in [6.45, 7) is 3.87. The first kappa shape index (κ1) is 16.9. The van der Waals surface area contributed by atoms with Crippen LogP contribution in [0.2, 0.25) is 0 Å². The number of nitrogens with zero attached hydrogens (tertiary/aromatic N) is 1. The van der Waals surface area contributed by atoms with Crippen molar-refractivity contribution in [2.24, 2.45) is 0 Å². The molecule has 1 amide bonds.